The van der Waals surface area contributed by atoms with Crippen molar-refractivity contribution in [2.75, 3.05) is 0 Å². The molecule has 1 fully saturated rings. The molecule has 3 heterocycles. The van der Waals surface area contributed by atoms with Gasteiger partial charge in [-0.1, -0.05) is 34.1 Å². The van der Waals surface area contributed by atoms with Gasteiger partial charge < -0.3 is 9.72 Å². The van der Waals surface area contributed by atoms with Crippen molar-refractivity contribution in [2.45, 2.75) is 19.0 Å². The number of imide groups is 1. The molecule has 134 valence electrons. The summed E-state index contributed by atoms with van der Waals surface area (Å²) in [5.41, 5.74) is 1.39. The van der Waals surface area contributed by atoms with Gasteiger partial charge in [0.25, 0.3) is 5.91 Å². The van der Waals surface area contributed by atoms with Crippen LogP contribution in [0.1, 0.15) is 23.6 Å². The molecule has 27 heavy (non-hydrogen) atoms. The fraction of sp³-hybridized carbons (Fsp3) is 0.150. The van der Waals surface area contributed by atoms with E-state index in [1.165, 1.54) is 0 Å². The molecule has 0 radical (unpaired) electrons. The third-order valence-electron chi connectivity index (χ3n) is 4.88. The average Bonchev–Trinajstić information content (AvgIpc) is 3.12. The van der Waals surface area contributed by atoms with Gasteiger partial charge in [-0.25, -0.2) is 4.79 Å². The second-order valence-corrected chi connectivity index (χ2v) is 7.51. The molecular weight excluding hydrogens is 408 g/mol. The van der Waals surface area contributed by atoms with Crippen LogP contribution in [-0.2, 0) is 16.9 Å². The van der Waals surface area contributed by atoms with E-state index in [4.69, 9.17) is 0 Å². The van der Waals surface area contributed by atoms with Crippen molar-refractivity contribution < 1.29 is 9.59 Å². The maximum atomic E-state index is 13.1. The summed E-state index contributed by atoms with van der Waals surface area (Å²) in [5.74, 6) is -0.343. The van der Waals surface area contributed by atoms with Crippen molar-refractivity contribution in [3.63, 3.8) is 0 Å². The van der Waals surface area contributed by atoms with Gasteiger partial charge in [0.15, 0.2) is 0 Å². The lowest BCUT2D eigenvalue weighted by atomic mass is 9.92. The first kappa shape index (κ1) is 17.3. The summed E-state index contributed by atoms with van der Waals surface area (Å²) in [6, 6.07) is 14.5. The highest BCUT2D eigenvalue weighted by atomic mass is 79.9. The van der Waals surface area contributed by atoms with Gasteiger partial charge in [0.05, 0.1) is 17.6 Å². The second kappa shape index (κ2) is 6.25. The van der Waals surface area contributed by atoms with Gasteiger partial charge in [-0.2, -0.15) is 5.26 Å². The van der Waals surface area contributed by atoms with E-state index in [2.05, 4.69) is 27.3 Å². The Bertz CT molecular complexity index is 1130. The van der Waals surface area contributed by atoms with Crippen LogP contribution >= 0.6 is 15.9 Å². The van der Waals surface area contributed by atoms with Crippen LogP contribution in [0.5, 0.6) is 0 Å². The van der Waals surface area contributed by atoms with Gasteiger partial charge in [0, 0.05) is 22.4 Å². The number of carbonyl (C=O) groups excluding carboxylic acids is 2. The zero-order valence-corrected chi connectivity index (χ0v) is 16.0. The number of nitrogens with one attached hydrogen (secondary N) is 1. The molecule has 1 aliphatic rings. The molecule has 3 aromatic rings. The summed E-state index contributed by atoms with van der Waals surface area (Å²) in [6.45, 7) is 1.73. The lowest BCUT2D eigenvalue weighted by molar-refractivity contribution is -0.131. The number of urea groups is 1. The van der Waals surface area contributed by atoms with Gasteiger partial charge in [-0.3, -0.25) is 9.69 Å². The molecule has 4 rings (SSSR count). The van der Waals surface area contributed by atoms with Crippen molar-refractivity contribution >= 4 is 33.4 Å². The predicted molar refractivity (Wildman–Crippen MR) is 103 cm³/mol. The molecule has 1 atom stereocenters. The molecule has 2 aromatic heterocycles. The normalized spacial score (nSPS) is 19.4. The Morgan fingerprint density at radius 2 is 2.04 bits per heavy atom. The topological polar surface area (TPSA) is 77.6 Å². The first-order valence-corrected chi connectivity index (χ1v) is 9.12. The van der Waals surface area contributed by atoms with Gasteiger partial charge in [-0.05, 0) is 36.8 Å². The van der Waals surface area contributed by atoms with Crippen molar-refractivity contribution in [1.29, 1.82) is 5.26 Å². The van der Waals surface area contributed by atoms with Gasteiger partial charge in [0.2, 0.25) is 0 Å². The lowest BCUT2D eigenvalue weighted by Crippen LogP contribution is -2.40. The van der Waals surface area contributed by atoms with E-state index in [-0.39, 0.29) is 12.5 Å². The van der Waals surface area contributed by atoms with E-state index in [0.29, 0.717) is 16.7 Å². The predicted octanol–water partition coefficient (Wildman–Crippen LogP) is 3.54. The minimum absolute atomic E-state index is 0.0405. The minimum Gasteiger partial charge on any atom is -0.322 e. The van der Waals surface area contributed by atoms with Gasteiger partial charge in [0.1, 0.15) is 11.6 Å². The number of halogens is 1. The highest BCUT2D eigenvalue weighted by Crippen LogP contribution is 2.32. The Kier molecular flexibility index (Phi) is 4.01. The fourth-order valence-electron chi connectivity index (χ4n) is 3.43. The molecule has 0 aliphatic carbocycles. The van der Waals surface area contributed by atoms with Crippen LogP contribution in [0.3, 0.4) is 0 Å². The molecule has 0 bridgehead atoms. The van der Waals surface area contributed by atoms with Gasteiger partial charge in [-0.15, -0.1) is 0 Å². The van der Waals surface area contributed by atoms with E-state index in [1.807, 2.05) is 47.0 Å². The Hall–Kier alpha value is -3.11. The SMILES string of the molecule is CC1(c2cccc(Br)c2)NC(=O)N(Cc2cn3ccccc3c2C#N)C1=O. The van der Waals surface area contributed by atoms with Crippen molar-refractivity contribution in [2.24, 2.45) is 0 Å². The Morgan fingerprint density at radius 1 is 1.22 bits per heavy atom. The molecule has 6 nitrogen and oxygen atoms in total. The lowest BCUT2D eigenvalue weighted by Gasteiger charge is -2.22. The van der Waals surface area contributed by atoms with E-state index in [9.17, 15) is 14.9 Å². The van der Waals surface area contributed by atoms with E-state index in [1.54, 1.807) is 19.2 Å². The first-order chi connectivity index (χ1) is 12.9. The van der Waals surface area contributed by atoms with E-state index in [0.717, 1.165) is 14.9 Å². The molecular formula is C20H15BrN4O2. The number of aromatic nitrogens is 1. The van der Waals surface area contributed by atoms with Crippen LogP contribution in [0.25, 0.3) is 5.52 Å². The van der Waals surface area contributed by atoms with Crippen molar-refractivity contribution in [3.05, 3.63) is 76.0 Å². The fourth-order valence-corrected chi connectivity index (χ4v) is 3.83. The van der Waals surface area contributed by atoms with Crippen LogP contribution in [0.15, 0.2) is 59.3 Å². The highest BCUT2D eigenvalue weighted by Gasteiger charge is 2.49. The number of hydrogen-bond acceptors (Lipinski definition) is 3. The average molecular weight is 423 g/mol. The summed E-state index contributed by atoms with van der Waals surface area (Å²) >= 11 is 3.40. The number of amides is 3. The summed E-state index contributed by atoms with van der Waals surface area (Å²) < 4.78 is 2.65. The monoisotopic (exact) mass is 422 g/mol. The number of hydrogen-bond donors (Lipinski definition) is 1. The second-order valence-electron chi connectivity index (χ2n) is 6.59. The number of pyridine rings is 1. The van der Waals surface area contributed by atoms with E-state index < -0.39 is 11.6 Å². The van der Waals surface area contributed by atoms with Crippen molar-refractivity contribution in [1.82, 2.24) is 14.6 Å². The number of rotatable bonds is 3. The molecule has 1 unspecified atom stereocenters. The molecule has 7 heteroatoms. The minimum atomic E-state index is -1.15. The Morgan fingerprint density at radius 3 is 2.78 bits per heavy atom. The van der Waals surface area contributed by atoms with Crippen molar-refractivity contribution in [3.8, 4) is 6.07 Å². The van der Waals surface area contributed by atoms with Gasteiger partial charge >= 0.3 is 6.03 Å². The zero-order valence-electron chi connectivity index (χ0n) is 14.4. The van der Waals surface area contributed by atoms with Crippen LogP contribution in [0.4, 0.5) is 4.79 Å². The first-order valence-electron chi connectivity index (χ1n) is 8.33. The third kappa shape index (κ3) is 2.69. The number of nitrogens with zero attached hydrogens (tertiary/aromatic N) is 3. The quantitative estimate of drug-likeness (QED) is 0.655. The summed E-state index contributed by atoms with van der Waals surface area (Å²) in [7, 11) is 0. The maximum absolute atomic E-state index is 13.1. The van der Waals surface area contributed by atoms with Crippen LogP contribution in [0.2, 0.25) is 0 Å². The molecule has 1 aromatic carbocycles. The largest absolute Gasteiger partial charge is 0.325 e. The smallest absolute Gasteiger partial charge is 0.322 e. The molecule has 0 spiro atoms. The standard InChI is InChI=1S/C20H15BrN4O2/c1-20(14-5-4-6-15(21)9-14)18(26)25(19(27)23-20)12-13-11-24-8-3-2-7-17(24)16(13)10-22/h2-9,11H,12H2,1H3,(H,23,27). The summed E-state index contributed by atoms with van der Waals surface area (Å²) in [5, 5.41) is 12.3. The number of carbonyl (C=O) groups is 2. The van der Waals surface area contributed by atoms with E-state index >= 15 is 0 Å². The highest BCUT2D eigenvalue weighted by molar-refractivity contribution is 9.10. The summed E-state index contributed by atoms with van der Waals surface area (Å²) in [4.78, 5) is 26.8. The van der Waals surface area contributed by atoms with Crippen LogP contribution in [0, 0.1) is 11.3 Å². The van der Waals surface area contributed by atoms with Crippen LogP contribution < -0.4 is 5.32 Å². The van der Waals surface area contributed by atoms with Crippen LogP contribution in [-0.4, -0.2) is 21.2 Å². The zero-order chi connectivity index (χ0) is 19.2. The molecule has 0 saturated carbocycles. The number of nitriles is 1. The molecule has 1 saturated heterocycles. The Labute approximate surface area is 164 Å². The molecule has 1 aliphatic heterocycles. The maximum Gasteiger partial charge on any atom is 0.325 e. The number of benzene rings is 1. The third-order valence-corrected chi connectivity index (χ3v) is 5.37. The number of fused-ring (bicyclic) bond motifs is 1. The molecule has 3 amide bonds. The molecule has 1 N–H and O–H groups in total. The Balaban J connectivity index is 1.71. The summed E-state index contributed by atoms with van der Waals surface area (Å²) in [6.07, 6.45) is 3.61.